The molecule has 0 aromatic heterocycles. The highest BCUT2D eigenvalue weighted by atomic mass is 19.4. The molecule has 2 unspecified atom stereocenters. The van der Waals surface area contributed by atoms with Crippen LogP contribution in [0.25, 0.3) is 0 Å². The average molecular weight is 273 g/mol. The summed E-state index contributed by atoms with van der Waals surface area (Å²) < 4.78 is 44.1. The third-order valence-electron chi connectivity index (χ3n) is 3.49. The highest BCUT2D eigenvalue weighted by Gasteiger charge is 2.34. The quantitative estimate of drug-likeness (QED) is 0.908. The Labute approximate surface area is 110 Å². The molecule has 1 saturated heterocycles. The molecule has 1 heterocycles. The fraction of sp³-hybridized carbons (Fsp3) is 0.571. The third kappa shape index (κ3) is 3.70. The van der Waals surface area contributed by atoms with Gasteiger partial charge in [-0.3, -0.25) is 0 Å². The topological polar surface area (TPSA) is 35.2 Å². The Bertz CT molecular complexity index is 413. The van der Waals surface area contributed by atoms with E-state index < -0.39 is 17.8 Å². The van der Waals surface area contributed by atoms with Crippen molar-refractivity contribution in [2.24, 2.45) is 5.73 Å². The van der Waals surface area contributed by atoms with Gasteiger partial charge in [-0.05, 0) is 37.3 Å². The first-order valence-corrected chi connectivity index (χ1v) is 6.52. The standard InChI is InChI=1S/C14H18F3NO/c15-14(16,17)12-6-2-1-5-11(12)13(18)8-7-10-4-3-9-19-10/h1-2,5-6,10,13H,3-4,7-9,18H2. The summed E-state index contributed by atoms with van der Waals surface area (Å²) in [5.74, 6) is 0. The molecule has 19 heavy (non-hydrogen) atoms. The van der Waals surface area contributed by atoms with Gasteiger partial charge in [-0.15, -0.1) is 0 Å². The SMILES string of the molecule is NC(CCC1CCCO1)c1ccccc1C(F)(F)F. The number of halogens is 3. The zero-order chi connectivity index (χ0) is 13.9. The van der Waals surface area contributed by atoms with Crippen LogP contribution in [0.2, 0.25) is 0 Å². The van der Waals surface area contributed by atoms with Crippen molar-refractivity contribution in [2.45, 2.75) is 44.0 Å². The number of benzene rings is 1. The summed E-state index contributed by atoms with van der Waals surface area (Å²) in [7, 11) is 0. The van der Waals surface area contributed by atoms with Gasteiger partial charge in [-0.25, -0.2) is 0 Å². The van der Waals surface area contributed by atoms with Crippen LogP contribution >= 0.6 is 0 Å². The molecule has 2 atom stereocenters. The lowest BCUT2D eigenvalue weighted by molar-refractivity contribution is -0.138. The molecule has 2 nitrogen and oxygen atoms in total. The van der Waals surface area contributed by atoms with Crippen molar-refractivity contribution in [1.82, 2.24) is 0 Å². The van der Waals surface area contributed by atoms with Gasteiger partial charge in [0.15, 0.2) is 0 Å². The number of alkyl halides is 3. The molecule has 1 aliphatic heterocycles. The van der Waals surface area contributed by atoms with E-state index in [4.69, 9.17) is 10.5 Å². The predicted octanol–water partition coefficient (Wildman–Crippen LogP) is 3.66. The van der Waals surface area contributed by atoms with Crippen LogP contribution in [0.15, 0.2) is 24.3 Å². The summed E-state index contributed by atoms with van der Waals surface area (Å²) in [6.07, 6.45) is -0.959. The number of nitrogens with two attached hydrogens (primary N) is 1. The van der Waals surface area contributed by atoms with Crippen LogP contribution in [0.1, 0.15) is 42.9 Å². The maximum Gasteiger partial charge on any atom is 0.416 e. The highest BCUT2D eigenvalue weighted by Crippen LogP contribution is 2.35. The maximum absolute atomic E-state index is 12.9. The third-order valence-corrected chi connectivity index (χ3v) is 3.49. The monoisotopic (exact) mass is 273 g/mol. The van der Waals surface area contributed by atoms with E-state index in [-0.39, 0.29) is 11.7 Å². The summed E-state index contributed by atoms with van der Waals surface area (Å²) in [4.78, 5) is 0. The molecule has 0 spiro atoms. The molecule has 1 fully saturated rings. The molecule has 0 aliphatic carbocycles. The average Bonchev–Trinajstić information content (AvgIpc) is 2.88. The van der Waals surface area contributed by atoms with Crippen molar-refractivity contribution in [1.29, 1.82) is 0 Å². The van der Waals surface area contributed by atoms with Crippen molar-refractivity contribution in [3.63, 3.8) is 0 Å². The molecule has 1 aliphatic rings. The second-order valence-electron chi connectivity index (χ2n) is 4.90. The highest BCUT2D eigenvalue weighted by molar-refractivity contribution is 5.32. The Hall–Kier alpha value is -1.07. The number of hydrogen-bond donors (Lipinski definition) is 1. The second-order valence-corrected chi connectivity index (χ2v) is 4.90. The van der Waals surface area contributed by atoms with Gasteiger partial charge in [0.2, 0.25) is 0 Å². The number of rotatable bonds is 4. The van der Waals surface area contributed by atoms with Gasteiger partial charge >= 0.3 is 6.18 Å². The first-order chi connectivity index (χ1) is 8.98. The van der Waals surface area contributed by atoms with Crippen molar-refractivity contribution in [2.75, 3.05) is 6.61 Å². The fourth-order valence-corrected chi connectivity index (χ4v) is 2.47. The van der Waals surface area contributed by atoms with Gasteiger partial charge in [0, 0.05) is 12.6 Å². The van der Waals surface area contributed by atoms with Gasteiger partial charge in [-0.2, -0.15) is 13.2 Å². The fourth-order valence-electron chi connectivity index (χ4n) is 2.47. The van der Waals surface area contributed by atoms with E-state index in [1.165, 1.54) is 12.1 Å². The van der Waals surface area contributed by atoms with E-state index in [9.17, 15) is 13.2 Å². The molecule has 0 amide bonds. The lowest BCUT2D eigenvalue weighted by Gasteiger charge is -2.19. The van der Waals surface area contributed by atoms with Crippen LogP contribution in [-0.2, 0) is 10.9 Å². The molecule has 0 radical (unpaired) electrons. The summed E-state index contributed by atoms with van der Waals surface area (Å²) in [6.45, 7) is 0.749. The largest absolute Gasteiger partial charge is 0.416 e. The van der Waals surface area contributed by atoms with Crippen LogP contribution in [0, 0.1) is 0 Å². The minimum absolute atomic E-state index is 0.157. The summed E-state index contributed by atoms with van der Waals surface area (Å²) in [5.41, 5.74) is 5.46. The van der Waals surface area contributed by atoms with Crippen molar-refractivity contribution in [3.8, 4) is 0 Å². The zero-order valence-corrected chi connectivity index (χ0v) is 10.6. The van der Waals surface area contributed by atoms with Gasteiger partial charge in [-0.1, -0.05) is 18.2 Å². The molecule has 1 aromatic carbocycles. The number of hydrogen-bond acceptors (Lipinski definition) is 2. The molecule has 1 aromatic rings. The Balaban J connectivity index is 2.03. The Morgan fingerprint density at radius 2 is 2.05 bits per heavy atom. The lowest BCUT2D eigenvalue weighted by atomic mass is 9.95. The Morgan fingerprint density at radius 3 is 2.68 bits per heavy atom. The molecular weight excluding hydrogens is 255 g/mol. The molecule has 106 valence electrons. The van der Waals surface area contributed by atoms with Gasteiger partial charge in [0.25, 0.3) is 0 Å². The Morgan fingerprint density at radius 1 is 1.32 bits per heavy atom. The molecule has 2 rings (SSSR count). The van der Waals surface area contributed by atoms with Crippen LogP contribution in [-0.4, -0.2) is 12.7 Å². The van der Waals surface area contributed by atoms with E-state index >= 15 is 0 Å². The van der Waals surface area contributed by atoms with E-state index in [0.29, 0.717) is 12.8 Å². The first-order valence-electron chi connectivity index (χ1n) is 6.52. The minimum Gasteiger partial charge on any atom is -0.378 e. The van der Waals surface area contributed by atoms with Crippen LogP contribution in [0.4, 0.5) is 13.2 Å². The summed E-state index contributed by atoms with van der Waals surface area (Å²) in [6, 6.07) is 4.93. The van der Waals surface area contributed by atoms with E-state index in [2.05, 4.69) is 0 Å². The molecule has 0 saturated carbocycles. The smallest absolute Gasteiger partial charge is 0.378 e. The minimum atomic E-state index is -4.35. The molecule has 5 heteroatoms. The first kappa shape index (κ1) is 14.3. The predicted molar refractivity (Wildman–Crippen MR) is 66.6 cm³/mol. The van der Waals surface area contributed by atoms with Crippen molar-refractivity contribution < 1.29 is 17.9 Å². The van der Waals surface area contributed by atoms with Gasteiger partial charge < -0.3 is 10.5 Å². The Kier molecular flexibility index (Phi) is 4.47. The van der Waals surface area contributed by atoms with E-state index in [1.54, 1.807) is 6.07 Å². The number of ether oxygens (including phenoxy) is 1. The van der Waals surface area contributed by atoms with Crippen LogP contribution < -0.4 is 5.73 Å². The molecular formula is C14H18F3NO. The van der Waals surface area contributed by atoms with Crippen molar-refractivity contribution >= 4 is 0 Å². The molecule has 2 N–H and O–H groups in total. The van der Waals surface area contributed by atoms with Gasteiger partial charge in [0.05, 0.1) is 11.7 Å². The van der Waals surface area contributed by atoms with Crippen LogP contribution in [0.3, 0.4) is 0 Å². The van der Waals surface area contributed by atoms with Crippen LogP contribution in [0.5, 0.6) is 0 Å². The van der Waals surface area contributed by atoms with Crippen molar-refractivity contribution in [3.05, 3.63) is 35.4 Å². The van der Waals surface area contributed by atoms with Gasteiger partial charge in [0.1, 0.15) is 0 Å². The van der Waals surface area contributed by atoms with E-state index in [1.807, 2.05) is 0 Å². The summed E-state index contributed by atoms with van der Waals surface area (Å²) in [5, 5.41) is 0. The normalized spacial score (nSPS) is 21.6. The summed E-state index contributed by atoms with van der Waals surface area (Å²) >= 11 is 0. The second kappa shape index (κ2) is 5.92. The maximum atomic E-state index is 12.9. The molecule has 0 bridgehead atoms. The van der Waals surface area contributed by atoms with E-state index in [0.717, 1.165) is 25.5 Å². The zero-order valence-electron chi connectivity index (χ0n) is 10.6. The lowest BCUT2D eigenvalue weighted by Crippen LogP contribution is -2.19.